The Bertz CT molecular complexity index is 976. The normalized spacial score (nSPS) is 12.3. The number of aryl methyl sites for hydroxylation is 1. The van der Waals surface area contributed by atoms with Crippen LogP contribution >= 0.6 is 11.6 Å². The summed E-state index contributed by atoms with van der Waals surface area (Å²) in [6.45, 7) is 6.58. The number of unbranched alkanes of at least 4 members (excludes halogenated alkanes) is 1. The lowest BCUT2D eigenvalue weighted by atomic mass is 10.1. The minimum Gasteiger partial charge on any atom is -0.439 e. The molecular formula is C26H34ClN3O3. The maximum atomic E-state index is 10.6. The van der Waals surface area contributed by atoms with Gasteiger partial charge in [0, 0.05) is 31.8 Å². The summed E-state index contributed by atoms with van der Waals surface area (Å²) < 4.78 is 13.5. The number of aliphatic hydroxyl groups is 1. The molecule has 3 rings (SSSR count). The van der Waals surface area contributed by atoms with Crippen LogP contribution in [-0.2, 0) is 11.3 Å². The Morgan fingerprint density at radius 2 is 1.85 bits per heavy atom. The zero-order valence-electron chi connectivity index (χ0n) is 19.7. The molecule has 3 aromatic rings. The van der Waals surface area contributed by atoms with Gasteiger partial charge in [0.15, 0.2) is 0 Å². The van der Waals surface area contributed by atoms with Gasteiger partial charge in [0.05, 0.1) is 29.7 Å². The highest BCUT2D eigenvalue weighted by Crippen LogP contribution is 2.32. The van der Waals surface area contributed by atoms with E-state index in [1.807, 2.05) is 66.2 Å². The molecule has 1 atom stereocenters. The summed E-state index contributed by atoms with van der Waals surface area (Å²) in [6, 6.07) is 17.3. The van der Waals surface area contributed by atoms with Crippen molar-refractivity contribution in [3.8, 4) is 17.3 Å². The van der Waals surface area contributed by atoms with Crippen LogP contribution in [0.5, 0.6) is 11.6 Å². The fraction of sp³-hybridized carbons (Fsp3) is 0.423. The van der Waals surface area contributed by atoms with Crippen LogP contribution < -0.4 is 4.74 Å². The van der Waals surface area contributed by atoms with Crippen molar-refractivity contribution in [2.24, 2.45) is 0 Å². The lowest BCUT2D eigenvalue weighted by Crippen LogP contribution is -2.34. The molecule has 0 aliphatic heterocycles. The molecule has 1 heterocycles. The monoisotopic (exact) mass is 471 g/mol. The first kappa shape index (κ1) is 25.2. The van der Waals surface area contributed by atoms with Crippen LogP contribution in [0, 0.1) is 6.92 Å². The average Bonchev–Trinajstić information content (AvgIpc) is 3.13. The van der Waals surface area contributed by atoms with Crippen molar-refractivity contribution in [2.45, 2.75) is 45.8 Å². The van der Waals surface area contributed by atoms with Gasteiger partial charge in [0.2, 0.25) is 5.88 Å². The van der Waals surface area contributed by atoms with E-state index in [9.17, 15) is 5.11 Å². The van der Waals surface area contributed by atoms with Gasteiger partial charge in [-0.25, -0.2) is 4.68 Å². The maximum Gasteiger partial charge on any atom is 0.227 e. The van der Waals surface area contributed by atoms with Crippen LogP contribution in [0.3, 0.4) is 0 Å². The summed E-state index contributed by atoms with van der Waals surface area (Å²) >= 11 is 6.06. The predicted octanol–water partition coefficient (Wildman–Crippen LogP) is 5.63. The number of benzene rings is 2. The first-order valence-corrected chi connectivity index (χ1v) is 11.9. The molecule has 33 heavy (non-hydrogen) atoms. The number of ether oxygens (including phenoxy) is 2. The van der Waals surface area contributed by atoms with Gasteiger partial charge in [-0.05, 0) is 49.7 Å². The molecule has 2 aromatic carbocycles. The van der Waals surface area contributed by atoms with E-state index in [-0.39, 0.29) is 6.10 Å². The largest absolute Gasteiger partial charge is 0.439 e. The number of aliphatic hydroxyl groups excluding tert-OH is 1. The molecule has 178 valence electrons. The summed E-state index contributed by atoms with van der Waals surface area (Å²) in [6.07, 6.45) is 2.48. The van der Waals surface area contributed by atoms with Gasteiger partial charge >= 0.3 is 0 Å². The summed E-state index contributed by atoms with van der Waals surface area (Å²) in [4.78, 5) is 2.21. The van der Waals surface area contributed by atoms with Gasteiger partial charge < -0.3 is 14.6 Å². The second kappa shape index (κ2) is 12.8. The van der Waals surface area contributed by atoms with Crippen molar-refractivity contribution in [1.82, 2.24) is 14.7 Å². The van der Waals surface area contributed by atoms with Crippen molar-refractivity contribution in [2.75, 3.05) is 26.8 Å². The second-order valence-electron chi connectivity index (χ2n) is 8.20. The van der Waals surface area contributed by atoms with E-state index in [1.54, 1.807) is 7.11 Å². The van der Waals surface area contributed by atoms with E-state index in [0.717, 1.165) is 36.2 Å². The molecule has 0 unspecified atom stereocenters. The molecule has 0 radical (unpaired) electrons. The van der Waals surface area contributed by atoms with Crippen molar-refractivity contribution in [3.63, 3.8) is 0 Å². The number of nitrogens with zero attached hydrogens (tertiary/aromatic N) is 3. The molecule has 0 fully saturated rings. The highest BCUT2D eigenvalue weighted by molar-refractivity contribution is 6.30. The van der Waals surface area contributed by atoms with E-state index < -0.39 is 0 Å². The van der Waals surface area contributed by atoms with E-state index in [2.05, 4.69) is 11.8 Å². The molecule has 7 heteroatoms. The van der Waals surface area contributed by atoms with E-state index >= 15 is 0 Å². The van der Waals surface area contributed by atoms with Crippen LogP contribution in [-0.4, -0.2) is 52.7 Å². The third kappa shape index (κ3) is 7.30. The molecule has 0 aliphatic rings. The minimum absolute atomic E-state index is 0.382. The lowest BCUT2D eigenvalue weighted by Gasteiger charge is -2.25. The molecular weight excluding hydrogens is 438 g/mol. The predicted molar refractivity (Wildman–Crippen MR) is 133 cm³/mol. The van der Waals surface area contributed by atoms with Gasteiger partial charge in [-0.3, -0.25) is 4.90 Å². The molecule has 0 aliphatic carbocycles. The number of aromatic nitrogens is 2. The zero-order chi connectivity index (χ0) is 23.6. The third-order valence-electron chi connectivity index (χ3n) is 5.52. The highest BCUT2D eigenvalue weighted by Gasteiger charge is 2.22. The Balaban J connectivity index is 1.94. The summed E-state index contributed by atoms with van der Waals surface area (Å²) in [5, 5.41) is 16.0. The van der Waals surface area contributed by atoms with E-state index in [1.165, 1.54) is 0 Å². The summed E-state index contributed by atoms with van der Waals surface area (Å²) in [5.41, 5.74) is 2.78. The lowest BCUT2D eigenvalue weighted by molar-refractivity contribution is 0.0786. The summed E-state index contributed by atoms with van der Waals surface area (Å²) in [7, 11) is 1.69. The smallest absolute Gasteiger partial charge is 0.227 e. The number of para-hydroxylation sites is 1. The maximum absolute atomic E-state index is 10.6. The van der Waals surface area contributed by atoms with Gasteiger partial charge in [0.25, 0.3) is 0 Å². The van der Waals surface area contributed by atoms with Crippen molar-refractivity contribution in [1.29, 1.82) is 0 Å². The quantitative estimate of drug-likeness (QED) is 0.350. The molecule has 0 saturated heterocycles. The second-order valence-corrected chi connectivity index (χ2v) is 8.63. The Morgan fingerprint density at radius 3 is 2.52 bits per heavy atom. The van der Waals surface area contributed by atoms with Crippen LogP contribution in [0.1, 0.15) is 37.4 Å². The molecule has 0 bridgehead atoms. The fourth-order valence-electron chi connectivity index (χ4n) is 3.69. The fourth-order valence-corrected chi connectivity index (χ4v) is 3.82. The van der Waals surface area contributed by atoms with Gasteiger partial charge in [-0.2, -0.15) is 5.10 Å². The Hall–Kier alpha value is -2.38. The Kier molecular flexibility index (Phi) is 9.76. The first-order chi connectivity index (χ1) is 16.0. The van der Waals surface area contributed by atoms with Crippen molar-refractivity contribution in [3.05, 3.63) is 70.9 Å². The van der Waals surface area contributed by atoms with E-state index in [4.69, 9.17) is 26.2 Å². The van der Waals surface area contributed by atoms with Crippen LogP contribution in [0.15, 0.2) is 54.6 Å². The Labute approximate surface area is 201 Å². The Morgan fingerprint density at radius 1 is 1.12 bits per heavy atom. The molecule has 0 saturated carbocycles. The van der Waals surface area contributed by atoms with Crippen LogP contribution in [0.4, 0.5) is 0 Å². The molecule has 1 N–H and O–H groups in total. The van der Waals surface area contributed by atoms with Crippen molar-refractivity contribution < 1.29 is 14.6 Å². The van der Waals surface area contributed by atoms with Crippen LogP contribution in [0.25, 0.3) is 5.69 Å². The average molecular weight is 472 g/mol. The van der Waals surface area contributed by atoms with Crippen LogP contribution in [0.2, 0.25) is 5.02 Å². The zero-order valence-corrected chi connectivity index (χ0v) is 20.5. The molecule has 0 spiro atoms. The number of methoxy groups -OCH3 is 1. The van der Waals surface area contributed by atoms with E-state index in [0.29, 0.717) is 42.9 Å². The SMILES string of the molecule is CCCC[C@H](O)CN(CCOC)Cc1c(C)nn(-c2ccccc2)c1Oc1ccc(Cl)cc1. The minimum atomic E-state index is -0.382. The number of halogens is 1. The number of hydrogen-bond acceptors (Lipinski definition) is 5. The molecule has 1 aromatic heterocycles. The topological polar surface area (TPSA) is 59.8 Å². The summed E-state index contributed by atoms with van der Waals surface area (Å²) in [5.74, 6) is 1.34. The van der Waals surface area contributed by atoms with Gasteiger partial charge in [0.1, 0.15) is 5.75 Å². The first-order valence-electron chi connectivity index (χ1n) is 11.5. The molecule has 6 nitrogen and oxygen atoms in total. The van der Waals surface area contributed by atoms with Gasteiger partial charge in [-0.15, -0.1) is 0 Å². The van der Waals surface area contributed by atoms with Gasteiger partial charge in [-0.1, -0.05) is 49.6 Å². The molecule has 0 amide bonds. The standard InChI is InChI=1S/C26H34ClN3O3/c1-4-5-11-23(31)18-29(16-17-32-3)19-25-20(2)28-30(22-9-7-6-8-10-22)26(25)33-24-14-12-21(27)13-15-24/h6-10,12-15,23,31H,4-5,11,16-19H2,1-3H3/t23-/m0/s1. The number of hydrogen-bond donors (Lipinski definition) is 1. The third-order valence-corrected chi connectivity index (χ3v) is 5.77. The number of rotatable bonds is 13. The van der Waals surface area contributed by atoms with Crippen molar-refractivity contribution >= 4 is 11.6 Å². The highest BCUT2D eigenvalue weighted by atomic mass is 35.5.